The lowest BCUT2D eigenvalue weighted by Crippen LogP contribution is -1.89. The SMILES string of the molecule is C=[si]1[nH]ccc2cc3ccccc3cc21. The molecule has 1 aromatic heterocycles. The largest absolute Gasteiger partial charge is 0.395 e. The molecule has 3 rings (SSSR count). The van der Waals surface area contributed by atoms with Crippen molar-refractivity contribution in [3.63, 3.8) is 0 Å². The van der Waals surface area contributed by atoms with Crippen LogP contribution in [0.25, 0.3) is 21.2 Å². The predicted molar refractivity (Wildman–Crippen MR) is 66.9 cm³/mol. The highest BCUT2D eigenvalue weighted by molar-refractivity contribution is 6.52. The van der Waals surface area contributed by atoms with Gasteiger partial charge in [-0.25, -0.2) is 0 Å². The molecule has 2 heteroatoms. The first-order valence-corrected chi connectivity index (χ1v) is 6.70. The van der Waals surface area contributed by atoms with Crippen LogP contribution in [0, 0.1) is 6.17 Å². The molecule has 1 nitrogen and oxygen atoms in total. The van der Waals surface area contributed by atoms with Gasteiger partial charge in [0.1, 0.15) is 0 Å². The summed E-state index contributed by atoms with van der Waals surface area (Å²) in [6.45, 7) is 0. The zero-order valence-electron chi connectivity index (χ0n) is 8.33. The Hall–Kier alpha value is -1.67. The lowest BCUT2D eigenvalue weighted by molar-refractivity contribution is 1.52. The maximum absolute atomic E-state index is 4.19. The summed E-state index contributed by atoms with van der Waals surface area (Å²) >= 11 is 0. The van der Waals surface area contributed by atoms with Gasteiger partial charge in [0.25, 0.3) is 0 Å². The molecule has 0 amide bonds. The van der Waals surface area contributed by atoms with Gasteiger partial charge in [0.15, 0.2) is 8.18 Å². The van der Waals surface area contributed by atoms with Crippen LogP contribution in [0.2, 0.25) is 0 Å². The van der Waals surface area contributed by atoms with Gasteiger partial charge in [-0.2, -0.15) is 0 Å². The molecular weight excluding hydrogens is 198 g/mol. The van der Waals surface area contributed by atoms with Crippen LogP contribution in [0.4, 0.5) is 0 Å². The highest BCUT2D eigenvalue weighted by atomic mass is 28.2. The number of aromatic amines is 1. The van der Waals surface area contributed by atoms with Gasteiger partial charge >= 0.3 is 0 Å². The van der Waals surface area contributed by atoms with Gasteiger partial charge in [-0.15, -0.1) is 0 Å². The van der Waals surface area contributed by atoms with Crippen LogP contribution < -0.4 is 0 Å². The number of hydrogen-bond donors (Lipinski definition) is 1. The lowest BCUT2D eigenvalue weighted by atomic mass is 10.1. The second kappa shape index (κ2) is 3.17. The monoisotopic (exact) mass is 209 g/mol. The van der Waals surface area contributed by atoms with Crippen molar-refractivity contribution >= 4 is 29.3 Å². The zero-order chi connectivity index (χ0) is 10.3. The van der Waals surface area contributed by atoms with E-state index in [0.717, 1.165) is 0 Å². The first-order chi connectivity index (χ1) is 7.34. The highest BCUT2D eigenvalue weighted by Gasteiger charge is 1.97. The molecule has 0 unspecified atom stereocenters. The molecule has 0 aliphatic carbocycles. The highest BCUT2D eigenvalue weighted by Crippen LogP contribution is 2.20. The predicted octanol–water partition coefficient (Wildman–Crippen LogP) is 3.27. The van der Waals surface area contributed by atoms with E-state index in [1.807, 2.05) is 6.20 Å². The number of fused-ring (bicyclic) bond motifs is 2. The van der Waals surface area contributed by atoms with E-state index in [9.17, 15) is 0 Å². The summed E-state index contributed by atoms with van der Waals surface area (Å²) < 4.78 is 3.31. The molecule has 0 fully saturated rings. The molecule has 0 bridgehead atoms. The van der Waals surface area contributed by atoms with Gasteiger partial charge < -0.3 is 4.64 Å². The van der Waals surface area contributed by atoms with Crippen LogP contribution >= 0.6 is 0 Å². The Morgan fingerprint density at radius 2 is 1.67 bits per heavy atom. The number of aromatic nitrogens is 1. The van der Waals surface area contributed by atoms with Crippen LogP contribution in [0.3, 0.4) is 0 Å². The molecule has 0 aliphatic heterocycles. The molecule has 0 atom stereocenters. The third kappa shape index (κ3) is 1.34. The molecule has 15 heavy (non-hydrogen) atoms. The summed E-state index contributed by atoms with van der Waals surface area (Å²) in [6, 6.07) is 15.1. The summed E-state index contributed by atoms with van der Waals surface area (Å²) in [5.41, 5.74) is 0. The van der Waals surface area contributed by atoms with Crippen molar-refractivity contribution in [1.29, 1.82) is 0 Å². The Kier molecular flexibility index (Phi) is 1.82. The minimum Gasteiger partial charge on any atom is -0.395 e. The van der Waals surface area contributed by atoms with E-state index in [-0.39, 0.29) is 0 Å². The first-order valence-electron chi connectivity index (χ1n) is 5.00. The van der Waals surface area contributed by atoms with Crippen LogP contribution in [0.15, 0.2) is 48.7 Å². The summed E-state index contributed by atoms with van der Waals surface area (Å²) in [7, 11) is -0.827. The van der Waals surface area contributed by atoms with Crippen LogP contribution in [-0.2, 0) is 0 Å². The third-order valence-corrected chi connectivity index (χ3v) is 4.36. The van der Waals surface area contributed by atoms with E-state index < -0.39 is 8.18 Å². The van der Waals surface area contributed by atoms with Gasteiger partial charge in [0.2, 0.25) is 0 Å². The minimum absolute atomic E-state index is 0.827. The molecule has 2 aromatic carbocycles. The Labute approximate surface area is 89.2 Å². The van der Waals surface area contributed by atoms with E-state index in [2.05, 4.69) is 53.3 Å². The molecular formula is C13H11NSi. The molecule has 1 N–H and O–H groups in total. The van der Waals surface area contributed by atoms with E-state index in [1.165, 1.54) is 21.2 Å². The molecule has 1 heterocycles. The lowest BCUT2D eigenvalue weighted by Gasteiger charge is -2.02. The number of benzene rings is 2. The van der Waals surface area contributed by atoms with Crippen LogP contribution in [0.5, 0.6) is 0 Å². The van der Waals surface area contributed by atoms with Crippen molar-refractivity contribution in [3.8, 4) is 0 Å². The molecule has 0 radical (unpaired) electrons. The average molecular weight is 209 g/mol. The fraction of sp³-hybridized carbons (Fsp3) is 0. The normalized spacial score (nSPS) is 10.9. The summed E-state index contributed by atoms with van der Waals surface area (Å²) in [5, 5.41) is 3.92. The maximum atomic E-state index is 4.19. The third-order valence-electron chi connectivity index (χ3n) is 2.76. The second-order valence-corrected chi connectivity index (χ2v) is 5.53. The topological polar surface area (TPSA) is 15.8 Å². The van der Waals surface area contributed by atoms with E-state index in [4.69, 9.17) is 0 Å². The van der Waals surface area contributed by atoms with Crippen molar-refractivity contribution < 1.29 is 0 Å². The standard InChI is InChI=1S/C13H11NSi/c1-15-13-9-11-5-3-2-4-10(11)8-12(13)6-7-14-15/h2-9,14H,1H2. The van der Waals surface area contributed by atoms with E-state index >= 15 is 0 Å². The van der Waals surface area contributed by atoms with Gasteiger partial charge in [-0.3, -0.25) is 0 Å². The molecule has 0 saturated heterocycles. The van der Waals surface area contributed by atoms with Crippen LogP contribution in [0.1, 0.15) is 0 Å². The van der Waals surface area contributed by atoms with E-state index in [0.29, 0.717) is 0 Å². The Balaban J connectivity index is 2.59. The Morgan fingerprint density at radius 1 is 0.933 bits per heavy atom. The molecule has 0 spiro atoms. The minimum atomic E-state index is -0.827. The fourth-order valence-electron chi connectivity index (χ4n) is 1.97. The first kappa shape index (κ1) is 8.62. The van der Waals surface area contributed by atoms with Crippen molar-refractivity contribution in [2.45, 2.75) is 0 Å². The second-order valence-electron chi connectivity index (χ2n) is 3.74. The number of rotatable bonds is 0. The Bertz CT molecular complexity index is 697. The molecule has 0 aliphatic rings. The quantitative estimate of drug-likeness (QED) is 0.432. The average Bonchev–Trinajstić information content (AvgIpc) is 2.27. The molecule has 72 valence electrons. The van der Waals surface area contributed by atoms with Crippen molar-refractivity contribution in [2.75, 3.05) is 0 Å². The summed E-state index contributed by atoms with van der Waals surface area (Å²) in [5.74, 6) is 0. The number of nitrogens with one attached hydrogen (secondary N) is 1. The van der Waals surface area contributed by atoms with Gasteiger partial charge in [-0.05, 0) is 45.6 Å². The van der Waals surface area contributed by atoms with Crippen molar-refractivity contribution in [1.82, 2.24) is 4.64 Å². The smallest absolute Gasteiger partial charge is 0.155 e. The maximum Gasteiger partial charge on any atom is 0.155 e. The van der Waals surface area contributed by atoms with E-state index in [1.54, 1.807) is 0 Å². The molecule has 3 aromatic rings. The Morgan fingerprint density at radius 3 is 2.47 bits per heavy atom. The number of H-pyrrole nitrogens is 1. The van der Waals surface area contributed by atoms with Crippen LogP contribution in [-0.4, -0.2) is 12.8 Å². The van der Waals surface area contributed by atoms with Gasteiger partial charge in [0.05, 0.1) is 0 Å². The summed E-state index contributed by atoms with van der Waals surface area (Å²) in [6.07, 6.45) is 6.20. The van der Waals surface area contributed by atoms with Crippen molar-refractivity contribution in [2.24, 2.45) is 0 Å². The van der Waals surface area contributed by atoms with Gasteiger partial charge in [-0.1, -0.05) is 30.4 Å². The zero-order valence-corrected chi connectivity index (χ0v) is 9.33. The van der Waals surface area contributed by atoms with Gasteiger partial charge in [0, 0.05) is 0 Å². The number of hydrogen-bond acceptors (Lipinski definition) is 0. The summed E-state index contributed by atoms with van der Waals surface area (Å²) in [4.78, 5) is 1.38. The van der Waals surface area contributed by atoms with Crippen molar-refractivity contribution in [3.05, 3.63) is 54.8 Å². The fourth-order valence-corrected chi connectivity index (χ4v) is 3.24. The molecule has 0 saturated carbocycles.